The van der Waals surface area contributed by atoms with Crippen LogP contribution in [0.3, 0.4) is 0 Å². The fourth-order valence-corrected chi connectivity index (χ4v) is 2.70. The Balaban J connectivity index is 2.07. The number of fused-ring (bicyclic) bond motifs is 1. The number of aromatic amines is 1. The fraction of sp³-hybridized carbons (Fsp3) is 0.154. The number of thioether (sulfide) groups is 1. The lowest BCUT2D eigenvalue weighted by molar-refractivity contribution is 0.425. The summed E-state index contributed by atoms with van der Waals surface area (Å²) in [6, 6.07) is 9.39. The zero-order chi connectivity index (χ0) is 13.4. The second kappa shape index (κ2) is 4.55. The monoisotopic (exact) mass is 275 g/mol. The molecule has 1 aliphatic heterocycles. The standard InChI is InChI=1S/C13H13N3O2S/c1-19-13-14-9-5-3-2-4-8(9)7-16(13)10-6-11(17)15-12(10)18/h2-6,15,17-18H,7H2,1H3. The van der Waals surface area contributed by atoms with Gasteiger partial charge in [-0.15, -0.1) is 0 Å². The maximum absolute atomic E-state index is 9.82. The maximum atomic E-state index is 9.82. The van der Waals surface area contributed by atoms with Gasteiger partial charge < -0.3 is 15.1 Å². The minimum atomic E-state index is -0.0631. The van der Waals surface area contributed by atoms with Gasteiger partial charge in [0.05, 0.1) is 12.2 Å². The number of hydrogen-bond donors (Lipinski definition) is 3. The van der Waals surface area contributed by atoms with E-state index in [0.717, 1.165) is 16.4 Å². The average Bonchev–Trinajstić information content (AvgIpc) is 2.76. The molecule has 0 saturated carbocycles. The van der Waals surface area contributed by atoms with Crippen molar-refractivity contribution in [3.05, 3.63) is 35.9 Å². The minimum absolute atomic E-state index is 0.0568. The van der Waals surface area contributed by atoms with Crippen LogP contribution in [0.5, 0.6) is 11.8 Å². The summed E-state index contributed by atoms with van der Waals surface area (Å²) >= 11 is 1.50. The first kappa shape index (κ1) is 12.0. The predicted molar refractivity (Wildman–Crippen MR) is 77.4 cm³/mol. The number of rotatable bonds is 1. The van der Waals surface area contributed by atoms with Crippen molar-refractivity contribution in [2.45, 2.75) is 6.54 Å². The van der Waals surface area contributed by atoms with Gasteiger partial charge in [0.2, 0.25) is 5.88 Å². The molecule has 0 atom stereocenters. The van der Waals surface area contributed by atoms with Gasteiger partial charge in [0.1, 0.15) is 5.69 Å². The van der Waals surface area contributed by atoms with Crippen molar-refractivity contribution >= 4 is 28.3 Å². The molecular formula is C13H13N3O2S. The summed E-state index contributed by atoms with van der Waals surface area (Å²) in [5.41, 5.74) is 2.56. The van der Waals surface area contributed by atoms with Gasteiger partial charge in [-0.2, -0.15) is 0 Å². The van der Waals surface area contributed by atoms with E-state index in [1.54, 1.807) is 0 Å². The molecule has 0 aliphatic carbocycles. The number of para-hydroxylation sites is 1. The maximum Gasteiger partial charge on any atom is 0.216 e. The van der Waals surface area contributed by atoms with Crippen LogP contribution in [-0.4, -0.2) is 26.6 Å². The number of amidine groups is 1. The van der Waals surface area contributed by atoms with Crippen molar-refractivity contribution in [1.82, 2.24) is 4.98 Å². The Morgan fingerprint density at radius 2 is 2.11 bits per heavy atom. The topological polar surface area (TPSA) is 71.8 Å². The molecule has 0 radical (unpaired) electrons. The fourth-order valence-electron chi connectivity index (χ4n) is 2.12. The van der Waals surface area contributed by atoms with Crippen LogP contribution in [0.25, 0.3) is 0 Å². The van der Waals surface area contributed by atoms with Gasteiger partial charge in [-0.25, -0.2) is 4.99 Å². The Hall–Kier alpha value is -2.08. The van der Waals surface area contributed by atoms with E-state index in [2.05, 4.69) is 9.98 Å². The van der Waals surface area contributed by atoms with Gasteiger partial charge >= 0.3 is 0 Å². The molecule has 1 aromatic carbocycles. The van der Waals surface area contributed by atoms with Crippen LogP contribution < -0.4 is 4.90 Å². The molecule has 3 N–H and O–H groups in total. The van der Waals surface area contributed by atoms with E-state index in [-0.39, 0.29) is 11.8 Å². The first-order valence-electron chi connectivity index (χ1n) is 5.78. The Kier molecular flexibility index (Phi) is 2.87. The van der Waals surface area contributed by atoms with Crippen LogP contribution >= 0.6 is 11.8 Å². The lowest BCUT2D eigenvalue weighted by Gasteiger charge is -2.28. The van der Waals surface area contributed by atoms with Crippen molar-refractivity contribution in [2.24, 2.45) is 4.99 Å². The molecule has 0 amide bonds. The molecule has 98 valence electrons. The minimum Gasteiger partial charge on any atom is -0.494 e. The molecule has 1 aromatic heterocycles. The third-order valence-corrected chi connectivity index (χ3v) is 3.68. The number of anilines is 1. The summed E-state index contributed by atoms with van der Waals surface area (Å²) in [7, 11) is 0. The number of H-pyrrole nitrogens is 1. The quantitative estimate of drug-likeness (QED) is 0.748. The predicted octanol–water partition coefficient (Wildman–Crippen LogP) is 2.80. The molecule has 2 heterocycles. The largest absolute Gasteiger partial charge is 0.494 e. The van der Waals surface area contributed by atoms with Crippen LogP contribution in [0, 0.1) is 0 Å². The van der Waals surface area contributed by atoms with Gasteiger partial charge in [-0.3, -0.25) is 4.98 Å². The third kappa shape index (κ3) is 2.04. The normalized spacial score (nSPS) is 14.2. The zero-order valence-electron chi connectivity index (χ0n) is 10.3. The summed E-state index contributed by atoms with van der Waals surface area (Å²) in [6.07, 6.45) is 1.93. The molecule has 6 heteroatoms. The van der Waals surface area contributed by atoms with E-state index in [1.807, 2.05) is 35.4 Å². The van der Waals surface area contributed by atoms with Crippen molar-refractivity contribution in [3.63, 3.8) is 0 Å². The lowest BCUT2D eigenvalue weighted by Crippen LogP contribution is -2.30. The van der Waals surface area contributed by atoms with Crippen LogP contribution in [0.1, 0.15) is 5.56 Å². The highest BCUT2D eigenvalue weighted by Gasteiger charge is 2.24. The Morgan fingerprint density at radius 3 is 2.79 bits per heavy atom. The second-order valence-corrected chi connectivity index (χ2v) is 4.98. The van der Waals surface area contributed by atoms with E-state index in [1.165, 1.54) is 17.8 Å². The molecule has 1 aliphatic rings. The third-order valence-electron chi connectivity index (χ3n) is 3.00. The first-order valence-corrected chi connectivity index (χ1v) is 7.00. The van der Waals surface area contributed by atoms with Crippen molar-refractivity contribution in [1.29, 1.82) is 0 Å². The smallest absolute Gasteiger partial charge is 0.216 e. The Morgan fingerprint density at radius 1 is 1.32 bits per heavy atom. The Bertz CT molecular complexity index is 651. The van der Waals surface area contributed by atoms with Crippen molar-refractivity contribution in [2.75, 3.05) is 11.2 Å². The van der Waals surface area contributed by atoms with Gasteiger partial charge in [-0.1, -0.05) is 30.0 Å². The first-order chi connectivity index (χ1) is 9.19. The molecule has 3 rings (SSSR count). The average molecular weight is 275 g/mol. The number of aliphatic imine (C=N–C) groups is 1. The van der Waals surface area contributed by atoms with Gasteiger partial charge in [0, 0.05) is 6.07 Å². The molecule has 5 nitrogen and oxygen atoms in total. The summed E-state index contributed by atoms with van der Waals surface area (Å²) in [6.45, 7) is 0.612. The highest BCUT2D eigenvalue weighted by Crippen LogP contribution is 2.37. The van der Waals surface area contributed by atoms with Crippen LogP contribution in [0.4, 0.5) is 11.4 Å². The van der Waals surface area contributed by atoms with E-state index < -0.39 is 0 Å². The van der Waals surface area contributed by atoms with Crippen molar-refractivity contribution < 1.29 is 10.2 Å². The molecule has 0 spiro atoms. The summed E-state index contributed by atoms with van der Waals surface area (Å²) in [4.78, 5) is 8.92. The van der Waals surface area contributed by atoms with Crippen LogP contribution in [0.2, 0.25) is 0 Å². The molecule has 0 unspecified atom stereocenters. The number of nitrogens with one attached hydrogen (secondary N) is 1. The van der Waals surface area contributed by atoms with E-state index in [4.69, 9.17) is 0 Å². The molecular weight excluding hydrogens is 262 g/mol. The highest BCUT2D eigenvalue weighted by molar-refractivity contribution is 8.13. The number of hydrogen-bond acceptors (Lipinski definition) is 5. The molecule has 0 fully saturated rings. The summed E-state index contributed by atoms with van der Waals surface area (Å²) < 4.78 is 0. The van der Waals surface area contributed by atoms with E-state index in [0.29, 0.717) is 12.2 Å². The van der Waals surface area contributed by atoms with Crippen LogP contribution in [-0.2, 0) is 6.54 Å². The van der Waals surface area contributed by atoms with Gasteiger partial charge in [0.25, 0.3) is 0 Å². The lowest BCUT2D eigenvalue weighted by atomic mass is 10.1. The van der Waals surface area contributed by atoms with Crippen LogP contribution in [0.15, 0.2) is 35.3 Å². The van der Waals surface area contributed by atoms with E-state index in [9.17, 15) is 10.2 Å². The zero-order valence-corrected chi connectivity index (χ0v) is 11.1. The summed E-state index contributed by atoms with van der Waals surface area (Å²) in [5.74, 6) is -0.120. The molecule has 19 heavy (non-hydrogen) atoms. The molecule has 0 bridgehead atoms. The highest BCUT2D eigenvalue weighted by atomic mass is 32.2. The summed E-state index contributed by atoms with van der Waals surface area (Å²) in [5, 5.41) is 20.0. The van der Waals surface area contributed by atoms with Crippen molar-refractivity contribution in [3.8, 4) is 11.8 Å². The van der Waals surface area contributed by atoms with E-state index >= 15 is 0 Å². The van der Waals surface area contributed by atoms with Gasteiger partial charge in [-0.05, 0) is 17.9 Å². The molecule has 0 saturated heterocycles. The number of nitrogens with zero attached hydrogens (tertiary/aromatic N) is 2. The number of aromatic hydroxyl groups is 2. The second-order valence-electron chi connectivity index (χ2n) is 4.20. The SMILES string of the molecule is CSC1=Nc2ccccc2CN1c1cc(O)[nH]c1O. The molecule has 2 aromatic rings. The number of aromatic nitrogens is 1. The number of benzene rings is 1. The van der Waals surface area contributed by atoms with Gasteiger partial charge in [0.15, 0.2) is 11.0 Å². The Labute approximate surface area is 114 Å².